The maximum absolute atomic E-state index is 5.22. The zero-order chi connectivity index (χ0) is 13.0. The zero-order valence-electron chi connectivity index (χ0n) is 11.3. The SMILES string of the molecule is Cc1cc(NC(=S)NC(C)C)ccc1C(C)C.[HH].[HH]. The van der Waals surface area contributed by atoms with Crippen LogP contribution in [0.25, 0.3) is 0 Å². The lowest BCUT2D eigenvalue weighted by Crippen LogP contribution is -2.33. The van der Waals surface area contributed by atoms with E-state index in [1.165, 1.54) is 11.1 Å². The molecule has 0 saturated heterocycles. The summed E-state index contributed by atoms with van der Waals surface area (Å²) in [5.74, 6) is 0.560. The fourth-order valence-corrected chi connectivity index (χ4v) is 2.18. The van der Waals surface area contributed by atoms with Gasteiger partial charge in [-0.15, -0.1) is 0 Å². The average molecular weight is 254 g/mol. The fraction of sp³-hybridized carbons (Fsp3) is 0.500. The van der Waals surface area contributed by atoms with E-state index in [-0.39, 0.29) is 2.85 Å². The van der Waals surface area contributed by atoms with Gasteiger partial charge >= 0.3 is 0 Å². The van der Waals surface area contributed by atoms with Crippen LogP contribution in [0.2, 0.25) is 0 Å². The highest BCUT2D eigenvalue weighted by Gasteiger charge is 2.05. The Morgan fingerprint density at radius 2 is 1.88 bits per heavy atom. The monoisotopic (exact) mass is 254 g/mol. The van der Waals surface area contributed by atoms with Gasteiger partial charge in [-0.05, 0) is 62.2 Å². The molecule has 0 saturated carbocycles. The molecule has 0 aromatic heterocycles. The number of rotatable bonds is 3. The van der Waals surface area contributed by atoms with Crippen LogP contribution in [0.1, 0.15) is 47.6 Å². The standard InChI is InChI=1S/C14H22N2S.2H2/c1-9(2)13-7-6-12(8-11(13)5)16-14(17)15-10(3)4;;/h6-10H,1-5H3,(H2,15,16,17);2*1H. The van der Waals surface area contributed by atoms with Crippen molar-refractivity contribution in [1.82, 2.24) is 5.32 Å². The molecule has 1 aromatic rings. The van der Waals surface area contributed by atoms with E-state index in [1.54, 1.807) is 0 Å². The van der Waals surface area contributed by atoms with Crippen LogP contribution in [-0.4, -0.2) is 11.2 Å². The lowest BCUT2D eigenvalue weighted by Gasteiger charge is -2.15. The van der Waals surface area contributed by atoms with Gasteiger partial charge in [-0.25, -0.2) is 0 Å². The first-order valence-corrected chi connectivity index (χ1v) is 6.49. The van der Waals surface area contributed by atoms with Crippen molar-refractivity contribution in [1.29, 1.82) is 0 Å². The Balaban J connectivity index is 0. The smallest absolute Gasteiger partial charge is 0.170 e. The van der Waals surface area contributed by atoms with Crippen LogP contribution in [0.5, 0.6) is 0 Å². The van der Waals surface area contributed by atoms with Gasteiger partial charge in [-0.2, -0.15) is 0 Å². The van der Waals surface area contributed by atoms with Crippen LogP contribution in [0, 0.1) is 6.92 Å². The molecule has 98 valence electrons. The summed E-state index contributed by atoms with van der Waals surface area (Å²) in [6, 6.07) is 6.74. The first-order valence-electron chi connectivity index (χ1n) is 6.08. The number of thiocarbonyl (C=S) groups is 1. The molecule has 0 spiro atoms. The van der Waals surface area contributed by atoms with Crippen molar-refractivity contribution in [3.05, 3.63) is 29.3 Å². The Hall–Kier alpha value is -1.09. The van der Waals surface area contributed by atoms with Gasteiger partial charge in [0.1, 0.15) is 0 Å². The Labute approximate surface area is 113 Å². The third kappa shape index (κ3) is 4.35. The molecule has 2 nitrogen and oxygen atoms in total. The molecule has 0 fully saturated rings. The third-order valence-corrected chi connectivity index (χ3v) is 2.79. The van der Waals surface area contributed by atoms with Gasteiger partial charge in [-0.1, -0.05) is 19.9 Å². The molecule has 0 amide bonds. The molecule has 17 heavy (non-hydrogen) atoms. The molecule has 0 aliphatic rings. The fourth-order valence-electron chi connectivity index (χ4n) is 1.83. The van der Waals surface area contributed by atoms with Crippen molar-refractivity contribution in [3.63, 3.8) is 0 Å². The second-order valence-corrected chi connectivity index (χ2v) is 5.39. The molecule has 0 heterocycles. The normalized spacial score (nSPS) is 10.8. The number of benzene rings is 1. The van der Waals surface area contributed by atoms with Gasteiger partial charge in [0.2, 0.25) is 0 Å². The summed E-state index contributed by atoms with van der Waals surface area (Å²) in [5.41, 5.74) is 3.74. The van der Waals surface area contributed by atoms with Gasteiger partial charge < -0.3 is 10.6 Å². The molecule has 0 atom stereocenters. The van der Waals surface area contributed by atoms with Crippen molar-refractivity contribution in [2.24, 2.45) is 0 Å². The summed E-state index contributed by atoms with van der Waals surface area (Å²) in [5, 5.41) is 7.05. The summed E-state index contributed by atoms with van der Waals surface area (Å²) in [6.07, 6.45) is 0. The average Bonchev–Trinajstić information content (AvgIpc) is 2.15. The van der Waals surface area contributed by atoms with Gasteiger partial charge in [0.15, 0.2) is 5.11 Å². The summed E-state index contributed by atoms with van der Waals surface area (Å²) in [6.45, 7) is 10.7. The van der Waals surface area contributed by atoms with E-state index in [1.807, 2.05) is 0 Å². The van der Waals surface area contributed by atoms with Gasteiger partial charge in [0.05, 0.1) is 0 Å². The highest BCUT2D eigenvalue weighted by atomic mass is 32.1. The van der Waals surface area contributed by atoms with E-state index in [4.69, 9.17) is 12.2 Å². The Morgan fingerprint density at radius 3 is 2.35 bits per heavy atom. The molecule has 0 unspecified atom stereocenters. The molecular weight excluding hydrogens is 228 g/mol. The van der Waals surface area contributed by atoms with Crippen molar-refractivity contribution < 1.29 is 2.85 Å². The van der Waals surface area contributed by atoms with Crippen LogP contribution in [0.15, 0.2) is 18.2 Å². The second kappa shape index (κ2) is 6.01. The van der Waals surface area contributed by atoms with Gasteiger partial charge in [0, 0.05) is 14.6 Å². The summed E-state index contributed by atoms with van der Waals surface area (Å²) in [7, 11) is 0. The Bertz CT molecular complexity index is 406. The zero-order valence-corrected chi connectivity index (χ0v) is 12.1. The highest BCUT2D eigenvalue weighted by Crippen LogP contribution is 2.22. The van der Waals surface area contributed by atoms with Gasteiger partial charge in [-0.3, -0.25) is 0 Å². The number of hydrogen-bond donors (Lipinski definition) is 2. The molecule has 0 aliphatic carbocycles. The third-order valence-electron chi connectivity index (χ3n) is 2.57. The quantitative estimate of drug-likeness (QED) is 0.786. The minimum Gasteiger partial charge on any atom is -0.360 e. The molecule has 3 heteroatoms. The van der Waals surface area contributed by atoms with Crippen LogP contribution in [-0.2, 0) is 0 Å². The van der Waals surface area contributed by atoms with Crippen molar-refractivity contribution >= 4 is 23.0 Å². The molecule has 1 rings (SSSR count). The van der Waals surface area contributed by atoms with E-state index in [2.05, 4.69) is 63.5 Å². The molecule has 0 bridgehead atoms. The topological polar surface area (TPSA) is 24.1 Å². The van der Waals surface area contributed by atoms with Crippen molar-refractivity contribution in [3.8, 4) is 0 Å². The minimum absolute atomic E-state index is 0. The van der Waals surface area contributed by atoms with E-state index in [0.29, 0.717) is 17.1 Å². The molecule has 1 aromatic carbocycles. The minimum atomic E-state index is 0. The van der Waals surface area contributed by atoms with E-state index >= 15 is 0 Å². The highest BCUT2D eigenvalue weighted by molar-refractivity contribution is 7.80. The van der Waals surface area contributed by atoms with E-state index in [9.17, 15) is 0 Å². The summed E-state index contributed by atoms with van der Waals surface area (Å²) >= 11 is 5.22. The van der Waals surface area contributed by atoms with E-state index in [0.717, 1.165) is 5.69 Å². The molecule has 0 aliphatic heterocycles. The predicted octanol–water partition coefficient (Wildman–Crippen LogP) is 4.31. The van der Waals surface area contributed by atoms with Crippen molar-refractivity contribution in [2.45, 2.75) is 46.6 Å². The lowest BCUT2D eigenvalue weighted by atomic mass is 9.98. The number of aryl methyl sites for hydroxylation is 1. The number of nitrogens with one attached hydrogen (secondary N) is 2. The maximum atomic E-state index is 5.22. The first-order chi connectivity index (χ1) is 7.90. The molecular formula is C14H26N2S. The Kier molecular flexibility index (Phi) is 4.94. The van der Waals surface area contributed by atoms with E-state index < -0.39 is 0 Å². The first kappa shape index (κ1) is 14.0. The largest absolute Gasteiger partial charge is 0.360 e. The second-order valence-electron chi connectivity index (χ2n) is 4.98. The lowest BCUT2D eigenvalue weighted by molar-refractivity contribution is 0.739. The molecule has 2 N–H and O–H groups in total. The van der Waals surface area contributed by atoms with Gasteiger partial charge in [0.25, 0.3) is 0 Å². The van der Waals surface area contributed by atoms with Crippen LogP contribution < -0.4 is 10.6 Å². The van der Waals surface area contributed by atoms with Crippen LogP contribution in [0.4, 0.5) is 5.69 Å². The number of anilines is 1. The van der Waals surface area contributed by atoms with Crippen LogP contribution >= 0.6 is 12.2 Å². The summed E-state index contributed by atoms with van der Waals surface area (Å²) in [4.78, 5) is 0. The van der Waals surface area contributed by atoms with Crippen LogP contribution in [0.3, 0.4) is 0 Å². The Morgan fingerprint density at radius 1 is 1.24 bits per heavy atom. The maximum Gasteiger partial charge on any atom is 0.170 e. The summed E-state index contributed by atoms with van der Waals surface area (Å²) < 4.78 is 0. The van der Waals surface area contributed by atoms with Crippen molar-refractivity contribution in [2.75, 3.05) is 5.32 Å². The predicted molar refractivity (Wildman–Crippen MR) is 84.0 cm³/mol. The number of hydrogen-bond acceptors (Lipinski definition) is 1. The molecule has 0 radical (unpaired) electrons.